The summed E-state index contributed by atoms with van der Waals surface area (Å²) < 4.78 is 6.37. The van der Waals surface area contributed by atoms with E-state index in [2.05, 4.69) is 61.4 Å². The van der Waals surface area contributed by atoms with Gasteiger partial charge in [-0.05, 0) is 43.5 Å². The van der Waals surface area contributed by atoms with Crippen LogP contribution in [0.2, 0.25) is 0 Å². The monoisotopic (exact) mass is 424 g/mol. The van der Waals surface area contributed by atoms with Crippen molar-refractivity contribution >= 4 is 22.4 Å². The lowest BCUT2D eigenvalue weighted by Crippen LogP contribution is -2.47. The van der Waals surface area contributed by atoms with Crippen LogP contribution in [0.4, 0.5) is 0 Å². The van der Waals surface area contributed by atoms with Crippen molar-refractivity contribution in [1.29, 1.82) is 0 Å². The van der Waals surface area contributed by atoms with Gasteiger partial charge in [-0.25, -0.2) is 4.98 Å². The summed E-state index contributed by atoms with van der Waals surface area (Å²) in [7, 11) is 0. The first-order valence-corrected chi connectivity index (χ1v) is 11.4. The van der Waals surface area contributed by atoms with Crippen LogP contribution in [0.3, 0.4) is 0 Å². The highest BCUT2D eigenvalue weighted by Gasteiger charge is 2.49. The third kappa shape index (κ3) is 2.91. The number of aromatic nitrogens is 1. The van der Waals surface area contributed by atoms with Crippen molar-refractivity contribution < 1.29 is 9.53 Å². The van der Waals surface area contributed by atoms with Crippen molar-refractivity contribution in [2.75, 3.05) is 0 Å². The molecule has 0 unspecified atom stereocenters. The summed E-state index contributed by atoms with van der Waals surface area (Å²) in [6, 6.07) is 10.5. The van der Waals surface area contributed by atoms with Gasteiger partial charge in [-0.2, -0.15) is 0 Å². The predicted molar refractivity (Wildman–Crippen MR) is 127 cm³/mol. The largest absolute Gasteiger partial charge is 0.471 e. The van der Waals surface area contributed by atoms with Crippen molar-refractivity contribution in [3.63, 3.8) is 0 Å². The summed E-state index contributed by atoms with van der Waals surface area (Å²) in [6.45, 7) is 10.5. The highest BCUT2D eigenvalue weighted by molar-refractivity contribution is 5.96. The van der Waals surface area contributed by atoms with Gasteiger partial charge in [0.25, 0.3) is 0 Å². The van der Waals surface area contributed by atoms with Gasteiger partial charge in [-0.3, -0.25) is 4.79 Å². The van der Waals surface area contributed by atoms with Crippen LogP contribution in [0.1, 0.15) is 57.7 Å². The van der Waals surface area contributed by atoms with Gasteiger partial charge in [0.05, 0.1) is 23.5 Å². The van der Waals surface area contributed by atoms with Gasteiger partial charge < -0.3 is 9.64 Å². The van der Waals surface area contributed by atoms with E-state index in [-0.39, 0.29) is 5.78 Å². The van der Waals surface area contributed by atoms with E-state index in [0.29, 0.717) is 18.6 Å². The fourth-order valence-electron chi connectivity index (χ4n) is 5.40. The molecule has 0 N–H and O–H groups in total. The Hall–Kier alpha value is -3.36. The van der Waals surface area contributed by atoms with Gasteiger partial charge in [0, 0.05) is 35.6 Å². The number of hydrogen-bond acceptors (Lipinski definition) is 4. The van der Waals surface area contributed by atoms with Crippen LogP contribution in [0.5, 0.6) is 0 Å². The molecule has 0 spiro atoms. The number of fused-ring (bicyclic) bond motifs is 4. The van der Waals surface area contributed by atoms with Crippen LogP contribution in [0.15, 0.2) is 77.4 Å². The Kier molecular flexibility index (Phi) is 4.91. The molecule has 0 amide bonds. The summed E-state index contributed by atoms with van der Waals surface area (Å²) in [5.41, 5.74) is 9.43. The molecule has 0 bridgehead atoms. The maximum Gasteiger partial charge on any atom is 0.192 e. The molecule has 1 aromatic carbocycles. The number of Topliss-reactive ketones (excluding diaryl/α,β-unsaturated/α-hetero) is 1. The van der Waals surface area contributed by atoms with Crippen molar-refractivity contribution in [3.8, 4) is 0 Å². The number of hydrogen-bond donors (Lipinski definition) is 0. The zero-order valence-corrected chi connectivity index (χ0v) is 19.0. The van der Waals surface area contributed by atoms with Gasteiger partial charge in [0.15, 0.2) is 11.4 Å². The molecule has 2 aromatic rings. The Morgan fingerprint density at radius 2 is 2.16 bits per heavy atom. The molecule has 2 aliphatic heterocycles. The second kappa shape index (κ2) is 7.65. The summed E-state index contributed by atoms with van der Waals surface area (Å²) >= 11 is 0. The topological polar surface area (TPSA) is 42.4 Å². The number of benzene rings is 1. The van der Waals surface area contributed by atoms with E-state index in [4.69, 9.17) is 9.72 Å². The number of para-hydroxylation sites is 1. The molecular formula is C28H28N2O2. The molecular weight excluding hydrogens is 396 g/mol. The van der Waals surface area contributed by atoms with E-state index in [1.54, 1.807) is 0 Å². The summed E-state index contributed by atoms with van der Waals surface area (Å²) in [6.07, 6.45) is 7.00. The van der Waals surface area contributed by atoms with E-state index < -0.39 is 5.60 Å². The molecule has 3 heterocycles. The molecule has 32 heavy (non-hydrogen) atoms. The first-order valence-electron chi connectivity index (χ1n) is 11.4. The first kappa shape index (κ1) is 20.5. The normalized spacial score (nSPS) is 23.0. The van der Waals surface area contributed by atoms with Crippen LogP contribution < -0.4 is 0 Å². The minimum Gasteiger partial charge on any atom is -0.471 e. The Bertz CT molecular complexity index is 1290. The molecule has 0 radical (unpaired) electrons. The lowest BCUT2D eigenvalue weighted by molar-refractivity contribution is -0.137. The van der Waals surface area contributed by atoms with E-state index in [0.717, 1.165) is 53.0 Å². The molecule has 3 aliphatic rings. The predicted octanol–water partition coefficient (Wildman–Crippen LogP) is 6.21. The van der Waals surface area contributed by atoms with Gasteiger partial charge in [0.1, 0.15) is 5.76 Å². The van der Waals surface area contributed by atoms with E-state index in [9.17, 15) is 4.79 Å². The van der Waals surface area contributed by atoms with Crippen LogP contribution in [-0.2, 0) is 16.1 Å². The number of pyridine rings is 1. The minimum absolute atomic E-state index is 0.137. The summed E-state index contributed by atoms with van der Waals surface area (Å²) in [5, 5.41) is 1.15. The van der Waals surface area contributed by atoms with E-state index in [1.165, 1.54) is 11.1 Å². The highest BCUT2D eigenvalue weighted by atomic mass is 16.5. The molecule has 4 heteroatoms. The minimum atomic E-state index is -0.996. The van der Waals surface area contributed by atoms with Crippen LogP contribution in [0.25, 0.3) is 16.6 Å². The van der Waals surface area contributed by atoms with Gasteiger partial charge in [-0.15, -0.1) is 0 Å². The van der Waals surface area contributed by atoms with Crippen LogP contribution in [0, 0.1) is 0 Å². The third-order valence-corrected chi connectivity index (χ3v) is 6.81. The Morgan fingerprint density at radius 3 is 2.91 bits per heavy atom. The SMILES string of the molecule is C=C=C(C)O[C@]1(CCC)C(=O)CCC2=C1C=C1c3nc4ccccc4cc3CN1/C2=C/C. The number of rotatable bonds is 4. The number of ether oxygens (including phenoxy) is 1. The lowest BCUT2D eigenvalue weighted by atomic mass is 9.72. The molecule has 1 aromatic heterocycles. The first-order chi connectivity index (χ1) is 15.5. The zero-order chi connectivity index (χ0) is 22.5. The van der Waals surface area contributed by atoms with Crippen molar-refractivity contribution in [2.24, 2.45) is 0 Å². The van der Waals surface area contributed by atoms with Gasteiger partial charge >= 0.3 is 0 Å². The Balaban J connectivity index is 1.75. The maximum absolute atomic E-state index is 13.4. The quantitative estimate of drug-likeness (QED) is 0.432. The van der Waals surface area contributed by atoms with Gasteiger partial charge in [0.2, 0.25) is 0 Å². The number of allylic oxidation sites excluding steroid dienone is 3. The fraction of sp³-hybridized carbons (Fsp3) is 0.321. The molecule has 0 saturated heterocycles. The number of carbonyl (C=O) groups is 1. The zero-order valence-electron chi connectivity index (χ0n) is 19.0. The van der Waals surface area contributed by atoms with Crippen LogP contribution in [-0.4, -0.2) is 21.3 Å². The summed E-state index contributed by atoms with van der Waals surface area (Å²) in [4.78, 5) is 20.8. The van der Waals surface area contributed by atoms with Gasteiger partial charge in [-0.1, -0.05) is 49.9 Å². The van der Waals surface area contributed by atoms with Crippen molar-refractivity contribution in [1.82, 2.24) is 9.88 Å². The van der Waals surface area contributed by atoms with E-state index in [1.807, 2.05) is 19.1 Å². The smallest absolute Gasteiger partial charge is 0.192 e. The highest BCUT2D eigenvalue weighted by Crippen LogP contribution is 2.50. The second-order valence-corrected chi connectivity index (χ2v) is 8.71. The molecule has 162 valence electrons. The third-order valence-electron chi connectivity index (χ3n) is 6.81. The average Bonchev–Trinajstić information content (AvgIpc) is 3.15. The van der Waals surface area contributed by atoms with E-state index >= 15 is 0 Å². The molecule has 0 saturated carbocycles. The number of ketones is 1. The number of nitrogens with zero attached hydrogens (tertiary/aromatic N) is 2. The molecule has 4 nitrogen and oxygen atoms in total. The number of carbonyl (C=O) groups excluding carboxylic acids is 1. The Morgan fingerprint density at radius 1 is 1.34 bits per heavy atom. The molecule has 1 atom stereocenters. The lowest BCUT2D eigenvalue weighted by Gasteiger charge is -2.43. The fourth-order valence-corrected chi connectivity index (χ4v) is 5.40. The molecule has 0 fully saturated rings. The van der Waals surface area contributed by atoms with Crippen molar-refractivity contribution in [3.05, 3.63) is 88.7 Å². The maximum atomic E-state index is 13.4. The molecule has 1 aliphatic carbocycles. The van der Waals surface area contributed by atoms with Crippen LogP contribution >= 0.6 is 0 Å². The standard InChI is InChI=1S/C28H28N2O2/c1-5-14-28(32-18(4)6-2)22-16-25-27-20(15-19-10-8-9-11-23(19)29-27)17-30(25)24(7-3)21(22)12-13-26(28)31/h7-11,15-16H,2,5,12-14,17H2,1,3-4H3/b24-7+/t28-/m0/s1. The average molecular weight is 425 g/mol. The van der Waals surface area contributed by atoms with Crippen molar-refractivity contribution in [2.45, 2.75) is 58.6 Å². The second-order valence-electron chi connectivity index (χ2n) is 8.71. The molecule has 5 rings (SSSR count). The Labute approximate surface area is 189 Å². The summed E-state index contributed by atoms with van der Waals surface area (Å²) in [5.74, 6) is 0.692.